The molecule has 5 nitrogen and oxygen atoms in total. The highest BCUT2D eigenvalue weighted by Crippen LogP contribution is 2.29. The molecule has 0 unspecified atom stereocenters. The Morgan fingerprint density at radius 3 is 2.15 bits per heavy atom. The highest BCUT2D eigenvalue weighted by molar-refractivity contribution is 6.31. The van der Waals surface area contributed by atoms with Gasteiger partial charge in [0.05, 0.1) is 18.2 Å². The third-order valence-corrected chi connectivity index (χ3v) is 3.81. The zero-order valence-corrected chi connectivity index (χ0v) is 14.9. The molecule has 144 valence electrons. The van der Waals surface area contributed by atoms with Gasteiger partial charge in [-0.2, -0.15) is 13.2 Å². The topological polar surface area (TPSA) is 67.4 Å². The fraction of sp³-hybridized carbons (Fsp3) is 0.222. The Labute approximate surface area is 158 Å². The van der Waals surface area contributed by atoms with Crippen LogP contribution >= 0.6 is 11.6 Å². The largest absolute Gasteiger partial charge is 0.496 e. The number of methoxy groups -OCH3 is 1. The molecule has 0 aliphatic rings. The van der Waals surface area contributed by atoms with Crippen molar-refractivity contribution in [1.29, 1.82) is 0 Å². The summed E-state index contributed by atoms with van der Waals surface area (Å²) in [6, 6.07) is 8.45. The molecule has 27 heavy (non-hydrogen) atoms. The van der Waals surface area contributed by atoms with Crippen LogP contribution in [0.5, 0.6) is 5.75 Å². The molecule has 0 aliphatic heterocycles. The predicted molar refractivity (Wildman–Crippen MR) is 94.1 cm³/mol. The van der Waals surface area contributed by atoms with E-state index in [-0.39, 0.29) is 24.2 Å². The van der Waals surface area contributed by atoms with Crippen LogP contribution in [0.1, 0.15) is 26.3 Å². The molecule has 0 bridgehead atoms. The van der Waals surface area contributed by atoms with Gasteiger partial charge in [0.2, 0.25) is 0 Å². The summed E-state index contributed by atoms with van der Waals surface area (Å²) in [5.41, 5.74) is -0.494. The standard InChI is InChI=1S/C18H16ClF3N2O3/c1-27-15-7-6-13(19)10-14(15)17(26)24-9-8-23-16(25)11-2-4-12(5-3-11)18(20,21)22/h2-7,10H,8-9H2,1H3,(H,23,25)(H,24,26). The van der Waals surface area contributed by atoms with Gasteiger partial charge in [-0.25, -0.2) is 0 Å². The van der Waals surface area contributed by atoms with Gasteiger partial charge < -0.3 is 15.4 Å². The van der Waals surface area contributed by atoms with E-state index in [0.717, 1.165) is 24.3 Å². The van der Waals surface area contributed by atoms with E-state index in [1.165, 1.54) is 13.2 Å². The van der Waals surface area contributed by atoms with Gasteiger partial charge in [-0.1, -0.05) is 11.6 Å². The maximum absolute atomic E-state index is 12.5. The molecule has 9 heteroatoms. The highest BCUT2D eigenvalue weighted by atomic mass is 35.5. The number of ether oxygens (including phenoxy) is 1. The number of hydrogen-bond acceptors (Lipinski definition) is 3. The zero-order chi connectivity index (χ0) is 20.0. The van der Waals surface area contributed by atoms with Gasteiger partial charge in [0.15, 0.2) is 0 Å². The van der Waals surface area contributed by atoms with E-state index < -0.39 is 23.6 Å². The Morgan fingerprint density at radius 1 is 1.00 bits per heavy atom. The first kappa shape index (κ1) is 20.6. The number of alkyl halides is 3. The van der Waals surface area contributed by atoms with E-state index in [9.17, 15) is 22.8 Å². The van der Waals surface area contributed by atoms with Crippen LogP contribution < -0.4 is 15.4 Å². The highest BCUT2D eigenvalue weighted by Gasteiger charge is 2.30. The van der Waals surface area contributed by atoms with Crippen LogP contribution in [0.3, 0.4) is 0 Å². The molecule has 0 fully saturated rings. The maximum atomic E-state index is 12.5. The van der Waals surface area contributed by atoms with E-state index in [4.69, 9.17) is 16.3 Å². The third-order valence-electron chi connectivity index (χ3n) is 3.58. The molecular formula is C18H16ClF3N2O3. The summed E-state index contributed by atoms with van der Waals surface area (Å²) in [5, 5.41) is 5.48. The number of halogens is 4. The summed E-state index contributed by atoms with van der Waals surface area (Å²) in [6.45, 7) is 0.204. The van der Waals surface area contributed by atoms with Crippen LogP contribution in [0.25, 0.3) is 0 Å². The minimum atomic E-state index is -4.46. The Kier molecular flexibility index (Phi) is 6.68. The lowest BCUT2D eigenvalue weighted by Gasteiger charge is -2.11. The summed E-state index contributed by atoms with van der Waals surface area (Å²) in [4.78, 5) is 24.1. The first-order valence-electron chi connectivity index (χ1n) is 7.79. The second-order valence-electron chi connectivity index (χ2n) is 5.43. The first-order valence-corrected chi connectivity index (χ1v) is 8.17. The van der Waals surface area contributed by atoms with Crippen LogP contribution in [-0.2, 0) is 6.18 Å². The van der Waals surface area contributed by atoms with Crippen LogP contribution in [0.4, 0.5) is 13.2 Å². The lowest BCUT2D eigenvalue weighted by atomic mass is 10.1. The Bertz CT molecular complexity index is 824. The van der Waals surface area contributed by atoms with Gasteiger partial charge in [0.25, 0.3) is 11.8 Å². The summed E-state index contributed by atoms with van der Waals surface area (Å²) >= 11 is 5.86. The monoisotopic (exact) mass is 400 g/mol. The molecular weight excluding hydrogens is 385 g/mol. The summed E-state index contributed by atoms with van der Waals surface area (Å²) in [6.07, 6.45) is -4.46. The summed E-state index contributed by atoms with van der Waals surface area (Å²) < 4.78 is 42.6. The minimum absolute atomic E-state index is 0.0887. The number of benzene rings is 2. The molecule has 0 spiro atoms. The zero-order valence-electron chi connectivity index (χ0n) is 14.2. The molecule has 0 aromatic heterocycles. The van der Waals surface area contributed by atoms with Gasteiger partial charge in [-0.15, -0.1) is 0 Å². The third kappa shape index (κ3) is 5.62. The predicted octanol–water partition coefficient (Wildman–Crippen LogP) is 3.53. The molecule has 2 amide bonds. The van der Waals surface area contributed by atoms with E-state index in [2.05, 4.69) is 10.6 Å². The average Bonchev–Trinajstić information content (AvgIpc) is 2.64. The summed E-state index contributed by atoms with van der Waals surface area (Å²) in [7, 11) is 1.42. The minimum Gasteiger partial charge on any atom is -0.496 e. The molecule has 0 saturated carbocycles. The number of amides is 2. The second kappa shape index (κ2) is 8.77. The number of rotatable bonds is 6. The molecule has 0 atom stereocenters. The molecule has 0 saturated heterocycles. The van der Waals surface area contributed by atoms with Crippen molar-refractivity contribution in [2.75, 3.05) is 20.2 Å². The van der Waals surface area contributed by atoms with Crippen molar-refractivity contribution in [2.24, 2.45) is 0 Å². The van der Waals surface area contributed by atoms with Crippen molar-refractivity contribution in [3.63, 3.8) is 0 Å². The fourth-order valence-electron chi connectivity index (χ4n) is 2.22. The second-order valence-corrected chi connectivity index (χ2v) is 5.87. The number of nitrogens with one attached hydrogen (secondary N) is 2. The smallest absolute Gasteiger partial charge is 0.416 e. The van der Waals surface area contributed by atoms with E-state index in [1.807, 2.05) is 0 Å². The van der Waals surface area contributed by atoms with Crippen molar-refractivity contribution in [1.82, 2.24) is 10.6 Å². The lowest BCUT2D eigenvalue weighted by Crippen LogP contribution is -2.34. The molecule has 2 N–H and O–H groups in total. The molecule has 2 aromatic carbocycles. The molecule has 2 aromatic rings. The van der Waals surface area contributed by atoms with E-state index >= 15 is 0 Å². The van der Waals surface area contributed by atoms with Gasteiger partial charge >= 0.3 is 6.18 Å². The Hall–Kier alpha value is -2.74. The molecule has 0 radical (unpaired) electrons. The van der Waals surface area contributed by atoms with E-state index in [1.54, 1.807) is 12.1 Å². The van der Waals surface area contributed by atoms with Crippen molar-refractivity contribution in [3.8, 4) is 5.75 Å². The van der Waals surface area contributed by atoms with Gasteiger partial charge in [-0.3, -0.25) is 9.59 Å². The van der Waals surface area contributed by atoms with Gasteiger partial charge in [0.1, 0.15) is 5.75 Å². The van der Waals surface area contributed by atoms with Crippen molar-refractivity contribution >= 4 is 23.4 Å². The Morgan fingerprint density at radius 2 is 1.59 bits per heavy atom. The maximum Gasteiger partial charge on any atom is 0.416 e. The van der Waals surface area contributed by atoms with Crippen molar-refractivity contribution in [3.05, 3.63) is 64.2 Å². The quantitative estimate of drug-likeness (QED) is 0.729. The first-order chi connectivity index (χ1) is 12.7. The average molecular weight is 401 g/mol. The fourth-order valence-corrected chi connectivity index (χ4v) is 2.39. The van der Waals surface area contributed by atoms with E-state index in [0.29, 0.717) is 10.8 Å². The van der Waals surface area contributed by atoms with Gasteiger partial charge in [-0.05, 0) is 42.5 Å². The molecule has 0 heterocycles. The van der Waals surface area contributed by atoms with Crippen LogP contribution in [0.15, 0.2) is 42.5 Å². The van der Waals surface area contributed by atoms with Gasteiger partial charge in [0, 0.05) is 23.7 Å². The number of hydrogen-bond donors (Lipinski definition) is 2. The number of carbonyl (C=O) groups is 2. The van der Waals surface area contributed by atoms with Crippen molar-refractivity contribution in [2.45, 2.75) is 6.18 Å². The molecule has 0 aliphatic carbocycles. The Balaban J connectivity index is 1.85. The van der Waals surface area contributed by atoms with Crippen LogP contribution in [0, 0.1) is 0 Å². The van der Waals surface area contributed by atoms with Crippen molar-refractivity contribution < 1.29 is 27.5 Å². The van der Waals surface area contributed by atoms with Crippen LogP contribution in [-0.4, -0.2) is 32.0 Å². The normalized spacial score (nSPS) is 11.0. The van der Waals surface area contributed by atoms with Crippen LogP contribution in [0.2, 0.25) is 5.02 Å². The molecule has 2 rings (SSSR count). The lowest BCUT2D eigenvalue weighted by molar-refractivity contribution is -0.137. The number of carbonyl (C=O) groups excluding carboxylic acids is 2. The SMILES string of the molecule is COc1ccc(Cl)cc1C(=O)NCCNC(=O)c1ccc(C(F)(F)F)cc1. The summed E-state index contributed by atoms with van der Waals surface area (Å²) in [5.74, 6) is -0.623.